The molecule has 0 fully saturated rings. The van der Waals surface area contributed by atoms with E-state index in [0.29, 0.717) is 0 Å². The van der Waals surface area contributed by atoms with E-state index in [1.165, 1.54) is 7.05 Å². The van der Waals surface area contributed by atoms with Gasteiger partial charge in [-0.1, -0.05) is 15.9 Å². The molecule has 0 aliphatic heterocycles. The van der Waals surface area contributed by atoms with Gasteiger partial charge in [-0.15, -0.1) is 10.2 Å². The fraction of sp³-hybridized carbons (Fsp3) is 0.667. The lowest BCUT2D eigenvalue weighted by molar-refractivity contribution is -0.142. The van der Waals surface area contributed by atoms with Crippen LogP contribution in [0.15, 0.2) is 0 Å². The zero-order valence-corrected chi connectivity index (χ0v) is 8.60. The van der Waals surface area contributed by atoms with Gasteiger partial charge in [0.2, 0.25) is 5.82 Å². The van der Waals surface area contributed by atoms with Gasteiger partial charge in [0.15, 0.2) is 0 Å². The Morgan fingerprint density at radius 2 is 2.00 bits per heavy atom. The largest absolute Gasteiger partial charge is 0.365 e. The van der Waals surface area contributed by atoms with Crippen LogP contribution >= 0.6 is 15.9 Å². The van der Waals surface area contributed by atoms with Gasteiger partial charge in [0.1, 0.15) is 5.82 Å². The molecule has 0 radical (unpaired) electrons. The summed E-state index contributed by atoms with van der Waals surface area (Å²) in [6.45, 7) is 0. The third kappa shape index (κ3) is 1.75. The summed E-state index contributed by atoms with van der Waals surface area (Å²) in [7, 11) is 1.21. The highest BCUT2D eigenvalue weighted by atomic mass is 79.9. The van der Waals surface area contributed by atoms with Crippen molar-refractivity contribution in [2.45, 2.75) is 17.7 Å². The predicted molar refractivity (Wildman–Crippen MR) is 43.5 cm³/mol. The molecule has 0 saturated carbocycles. The number of hydrogen-bond donors (Lipinski definition) is 0. The van der Waals surface area contributed by atoms with Gasteiger partial charge in [0.25, 0.3) is 0 Å². The molecule has 0 amide bonds. The molecule has 0 bridgehead atoms. The fourth-order valence-corrected chi connectivity index (χ4v) is 1.35. The highest BCUT2D eigenvalue weighted by Crippen LogP contribution is 2.33. The van der Waals surface area contributed by atoms with Gasteiger partial charge in [-0.3, -0.25) is 0 Å². The summed E-state index contributed by atoms with van der Waals surface area (Å²) in [5.74, 6) is -5.12. The summed E-state index contributed by atoms with van der Waals surface area (Å²) in [4.78, 5) is 0. The number of alkyl halides is 5. The molecule has 0 saturated heterocycles. The Morgan fingerprint density at radius 1 is 1.43 bits per heavy atom. The Kier molecular flexibility index (Phi) is 3.13. The summed E-state index contributed by atoms with van der Waals surface area (Å²) in [6, 6.07) is 0. The molecule has 0 atom stereocenters. The Labute approximate surface area is 85.2 Å². The minimum Gasteiger partial charge on any atom is -0.312 e. The van der Waals surface area contributed by atoms with E-state index in [1.54, 1.807) is 0 Å². The lowest BCUT2D eigenvalue weighted by Crippen LogP contribution is -2.27. The average Bonchev–Trinajstić information content (AvgIpc) is 2.46. The Hall–Kier alpha value is -0.660. The second kappa shape index (κ2) is 3.84. The number of rotatable bonds is 3. The maximum absolute atomic E-state index is 12.8. The smallest absolute Gasteiger partial charge is 0.312 e. The summed E-state index contributed by atoms with van der Waals surface area (Å²) < 4.78 is 50.3. The minimum absolute atomic E-state index is 0.167. The van der Waals surface area contributed by atoms with E-state index >= 15 is 0 Å². The first-order valence-electron chi connectivity index (χ1n) is 3.52. The molecule has 80 valence electrons. The standard InChI is InChI=1S/C6H6BrF4N3/c1-14-3(2-7)12-13-5(14)6(10,11)4(8)9/h4H,2H2,1H3. The third-order valence-corrected chi connectivity index (χ3v) is 2.16. The van der Waals surface area contributed by atoms with Crippen LogP contribution < -0.4 is 0 Å². The number of halogens is 5. The van der Waals surface area contributed by atoms with Crippen molar-refractivity contribution in [1.29, 1.82) is 0 Å². The van der Waals surface area contributed by atoms with Gasteiger partial charge in [0.05, 0.1) is 5.33 Å². The quantitative estimate of drug-likeness (QED) is 0.625. The number of aromatic nitrogens is 3. The Balaban J connectivity index is 3.13. The van der Waals surface area contributed by atoms with E-state index < -0.39 is 18.2 Å². The molecular formula is C6H6BrF4N3. The molecule has 0 N–H and O–H groups in total. The molecule has 1 rings (SSSR count). The molecule has 0 spiro atoms. The first-order valence-corrected chi connectivity index (χ1v) is 4.64. The van der Waals surface area contributed by atoms with Crippen LogP contribution in [0.2, 0.25) is 0 Å². The van der Waals surface area contributed by atoms with Gasteiger partial charge in [-0.25, -0.2) is 8.78 Å². The molecule has 1 aromatic rings. The van der Waals surface area contributed by atoms with Crippen molar-refractivity contribution < 1.29 is 17.6 Å². The summed E-state index contributed by atoms with van der Waals surface area (Å²) >= 11 is 2.97. The summed E-state index contributed by atoms with van der Waals surface area (Å²) in [6.07, 6.45) is -3.78. The van der Waals surface area contributed by atoms with Crippen LogP contribution in [0.5, 0.6) is 0 Å². The molecule has 0 aliphatic carbocycles. The second-order valence-electron chi connectivity index (χ2n) is 2.56. The molecule has 3 nitrogen and oxygen atoms in total. The van der Waals surface area contributed by atoms with Crippen molar-refractivity contribution in [3.8, 4) is 0 Å². The zero-order chi connectivity index (χ0) is 10.9. The van der Waals surface area contributed by atoms with Crippen LogP contribution in [0.4, 0.5) is 17.6 Å². The van der Waals surface area contributed by atoms with Gasteiger partial charge in [-0.05, 0) is 0 Å². The van der Waals surface area contributed by atoms with E-state index in [-0.39, 0.29) is 11.2 Å². The van der Waals surface area contributed by atoms with Crippen molar-refractivity contribution >= 4 is 15.9 Å². The number of hydrogen-bond acceptors (Lipinski definition) is 2. The van der Waals surface area contributed by atoms with Crippen LogP contribution in [-0.4, -0.2) is 21.2 Å². The lowest BCUT2D eigenvalue weighted by Gasteiger charge is -2.13. The van der Waals surface area contributed by atoms with Gasteiger partial charge < -0.3 is 4.57 Å². The monoisotopic (exact) mass is 275 g/mol. The summed E-state index contributed by atoms with van der Waals surface area (Å²) in [5.41, 5.74) is 0. The molecule has 1 aromatic heterocycles. The first-order chi connectivity index (χ1) is 6.41. The van der Waals surface area contributed by atoms with E-state index in [1.807, 2.05) is 0 Å². The van der Waals surface area contributed by atoms with Gasteiger partial charge >= 0.3 is 12.3 Å². The van der Waals surface area contributed by atoms with Gasteiger partial charge in [-0.2, -0.15) is 8.78 Å². The first kappa shape index (κ1) is 11.4. The topological polar surface area (TPSA) is 30.7 Å². The number of nitrogens with zero attached hydrogens (tertiary/aromatic N) is 3. The van der Waals surface area contributed by atoms with Gasteiger partial charge in [0, 0.05) is 7.05 Å². The van der Waals surface area contributed by atoms with Crippen LogP contribution in [0.1, 0.15) is 11.6 Å². The lowest BCUT2D eigenvalue weighted by atomic mass is 10.3. The fourth-order valence-electron chi connectivity index (χ4n) is 0.866. The maximum atomic E-state index is 12.8. The van der Waals surface area contributed by atoms with E-state index in [2.05, 4.69) is 26.1 Å². The van der Waals surface area contributed by atoms with Crippen molar-refractivity contribution in [2.75, 3.05) is 0 Å². The normalized spacial score (nSPS) is 12.5. The van der Waals surface area contributed by atoms with Crippen molar-refractivity contribution in [2.24, 2.45) is 7.05 Å². The second-order valence-corrected chi connectivity index (χ2v) is 3.12. The summed E-state index contributed by atoms with van der Waals surface area (Å²) in [5, 5.41) is 6.54. The molecule has 8 heteroatoms. The Bertz CT molecular complexity index is 325. The van der Waals surface area contributed by atoms with E-state index in [4.69, 9.17) is 0 Å². The van der Waals surface area contributed by atoms with Crippen LogP contribution in [0.3, 0.4) is 0 Å². The molecule has 0 aromatic carbocycles. The molecular weight excluding hydrogens is 270 g/mol. The van der Waals surface area contributed by atoms with Crippen molar-refractivity contribution in [3.63, 3.8) is 0 Å². The predicted octanol–water partition coefficient (Wildman–Crippen LogP) is 2.07. The van der Waals surface area contributed by atoms with Crippen LogP contribution in [0, 0.1) is 0 Å². The van der Waals surface area contributed by atoms with Crippen molar-refractivity contribution in [3.05, 3.63) is 11.6 Å². The Morgan fingerprint density at radius 3 is 2.36 bits per heavy atom. The van der Waals surface area contributed by atoms with Crippen LogP contribution in [0.25, 0.3) is 0 Å². The van der Waals surface area contributed by atoms with Crippen molar-refractivity contribution in [1.82, 2.24) is 14.8 Å². The minimum atomic E-state index is -4.26. The molecule has 0 aliphatic rings. The highest BCUT2D eigenvalue weighted by Gasteiger charge is 2.47. The van der Waals surface area contributed by atoms with Crippen LogP contribution in [-0.2, 0) is 18.3 Å². The zero-order valence-electron chi connectivity index (χ0n) is 7.02. The average molecular weight is 276 g/mol. The maximum Gasteiger partial charge on any atom is 0.365 e. The van der Waals surface area contributed by atoms with E-state index in [0.717, 1.165) is 4.57 Å². The SMILES string of the molecule is Cn1c(CBr)nnc1C(F)(F)C(F)F. The third-order valence-electron chi connectivity index (χ3n) is 1.66. The molecule has 0 unspecified atom stereocenters. The molecule has 1 heterocycles. The highest BCUT2D eigenvalue weighted by molar-refractivity contribution is 9.08. The van der Waals surface area contributed by atoms with E-state index in [9.17, 15) is 17.6 Å². The molecule has 14 heavy (non-hydrogen) atoms.